The van der Waals surface area contributed by atoms with E-state index in [1.54, 1.807) is 7.05 Å². The Morgan fingerprint density at radius 3 is 2.56 bits per heavy atom. The highest BCUT2D eigenvalue weighted by atomic mass is 35.5. The van der Waals surface area contributed by atoms with Crippen LogP contribution in [0.25, 0.3) is 0 Å². The van der Waals surface area contributed by atoms with Crippen molar-refractivity contribution in [3.05, 3.63) is 28.8 Å². The summed E-state index contributed by atoms with van der Waals surface area (Å²) in [6.45, 7) is 6.65. The number of aliphatic hydroxyl groups is 1. The number of nitrogens with zero attached hydrogens (tertiary/aromatic N) is 6. The molecule has 172 valence electrons. The van der Waals surface area contributed by atoms with Gasteiger partial charge in [-0.2, -0.15) is 0 Å². The molecule has 0 aromatic heterocycles. The molecular formula is C22H30ClN6O3+. The van der Waals surface area contributed by atoms with Gasteiger partial charge in [0.15, 0.2) is 0 Å². The SMILES string of the molecule is Cc1ccc(Cl)cc1N1CCN(CC2=[N+](CCCO)C3C(=O)N(C)C(=O)N(C)C3=N2)CC1. The summed E-state index contributed by atoms with van der Waals surface area (Å²) < 4.78 is 1.95. The maximum absolute atomic E-state index is 12.9. The fraction of sp³-hybridized carbons (Fsp3) is 0.545. The van der Waals surface area contributed by atoms with Crippen molar-refractivity contribution in [1.29, 1.82) is 0 Å². The van der Waals surface area contributed by atoms with Crippen molar-refractivity contribution >= 4 is 40.9 Å². The number of rotatable bonds is 6. The highest BCUT2D eigenvalue weighted by Crippen LogP contribution is 2.26. The minimum atomic E-state index is -0.611. The summed E-state index contributed by atoms with van der Waals surface area (Å²) >= 11 is 6.20. The lowest BCUT2D eigenvalue weighted by Crippen LogP contribution is -2.61. The predicted molar refractivity (Wildman–Crippen MR) is 124 cm³/mol. The van der Waals surface area contributed by atoms with Crippen LogP contribution < -0.4 is 4.90 Å². The Labute approximate surface area is 193 Å². The molecule has 3 aliphatic rings. The van der Waals surface area contributed by atoms with Crippen molar-refractivity contribution in [3.8, 4) is 0 Å². The number of imide groups is 1. The molecule has 0 spiro atoms. The van der Waals surface area contributed by atoms with Crippen LogP contribution in [0.15, 0.2) is 23.2 Å². The first kappa shape index (κ1) is 22.7. The molecule has 4 rings (SSSR count). The number of benzene rings is 1. The van der Waals surface area contributed by atoms with Crippen LogP contribution in [0.5, 0.6) is 0 Å². The average molecular weight is 462 g/mol. The Morgan fingerprint density at radius 2 is 1.88 bits per heavy atom. The van der Waals surface area contributed by atoms with E-state index in [9.17, 15) is 14.7 Å². The molecule has 1 atom stereocenters. The minimum absolute atomic E-state index is 0.0301. The van der Waals surface area contributed by atoms with Crippen LogP contribution in [-0.4, -0.2) is 114 Å². The molecule has 0 bridgehead atoms. The molecule has 1 aromatic carbocycles. The van der Waals surface area contributed by atoms with Gasteiger partial charge in [0.05, 0.1) is 6.54 Å². The lowest BCUT2D eigenvalue weighted by molar-refractivity contribution is -0.537. The number of amidine groups is 2. The number of likely N-dealkylation sites (N-methyl/N-ethyl adjacent to an activating group) is 2. The topological polar surface area (TPSA) is 82.7 Å². The maximum Gasteiger partial charge on any atom is 0.333 e. The number of carbonyl (C=O) groups is 2. The number of aryl methyl sites for hydroxylation is 1. The molecule has 3 aliphatic heterocycles. The number of piperazine rings is 1. The van der Waals surface area contributed by atoms with Crippen molar-refractivity contribution in [2.75, 3.05) is 64.9 Å². The van der Waals surface area contributed by atoms with Crippen LogP contribution in [0.4, 0.5) is 10.5 Å². The van der Waals surface area contributed by atoms with E-state index in [1.165, 1.54) is 17.5 Å². The zero-order valence-electron chi connectivity index (χ0n) is 18.8. The van der Waals surface area contributed by atoms with Gasteiger partial charge >= 0.3 is 11.9 Å². The maximum atomic E-state index is 12.9. The minimum Gasteiger partial charge on any atom is -0.396 e. The van der Waals surface area contributed by atoms with E-state index in [0.717, 1.165) is 47.6 Å². The van der Waals surface area contributed by atoms with Crippen LogP contribution in [0.2, 0.25) is 5.02 Å². The molecule has 1 aromatic rings. The molecule has 10 heteroatoms. The highest BCUT2D eigenvalue weighted by molar-refractivity contribution is 6.30. The number of fused-ring (bicyclic) bond motifs is 1. The monoisotopic (exact) mass is 461 g/mol. The molecule has 1 unspecified atom stereocenters. The van der Waals surface area contributed by atoms with E-state index in [-0.39, 0.29) is 18.5 Å². The van der Waals surface area contributed by atoms with Crippen LogP contribution in [0.1, 0.15) is 12.0 Å². The van der Waals surface area contributed by atoms with Gasteiger partial charge < -0.3 is 10.0 Å². The van der Waals surface area contributed by atoms with E-state index < -0.39 is 6.04 Å². The summed E-state index contributed by atoms with van der Waals surface area (Å²) in [5.41, 5.74) is 2.37. The van der Waals surface area contributed by atoms with Crippen molar-refractivity contribution in [3.63, 3.8) is 0 Å². The van der Waals surface area contributed by atoms with Crippen molar-refractivity contribution in [2.45, 2.75) is 19.4 Å². The Kier molecular flexibility index (Phi) is 6.50. The second-order valence-electron chi connectivity index (χ2n) is 8.49. The number of aliphatic hydroxyl groups excluding tert-OH is 1. The fourth-order valence-electron chi connectivity index (χ4n) is 4.54. The zero-order chi connectivity index (χ0) is 23.0. The van der Waals surface area contributed by atoms with Crippen molar-refractivity contribution in [2.24, 2.45) is 4.99 Å². The van der Waals surface area contributed by atoms with Crippen molar-refractivity contribution in [1.82, 2.24) is 14.7 Å². The Balaban J connectivity index is 1.51. The number of carbonyl (C=O) groups excluding carboxylic acids is 2. The van der Waals surface area contributed by atoms with Gasteiger partial charge in [0, 0.05) is 64.0 Å². The standard InChI is InChI=1S/C22H30ClN6O3/c1-15-5-6-16(23)13-17(15)28-10-8-27(9-11-28)14-18-24-20-19(29(18)7-4-12-30)21(31)26(3)22(32)25(20)2/h5-6,13,19,30H,4,7-12,14H2,1-3H3/q+1. The molecule has 3 amide bonds. The van der Waals surface area contributed by atoms with E-state index in [2.05, 4.69) is 16.7 Å². The number of hydrogen-bond donors (Lipinski definition) is 1. The summed E-state index contributed by atoms with van der Waals surface area (Å²) in [5, 5.41) is 10.1. The van der Waals surface area contributed by atoms with Crippen LogP contribution >= 0.6 is 11.6 Å². The lowest BCUT2D eigenvalue weighted by Gasteiger charge is -2.36. The highest BCUT2D eigenvalue weighted by Gasteiger charge is 2.52. The third-order valence-corrected chi connectivity index (χ3v) is 6.65. The number of hydrogen-bond acceptors (Lipinski definition) is 6. The molecule has 0 aliphatic carbocycles. The van der Waals surface area contributed by atoms with E-state index in [4.69, 9.17) is 16.6 Å². The van der Waals surface area contributed by atoms with Gasteiger partial charge in [0.25, 0.3) is 17.8 Å². The summed E-state index contributed by atoms with van der Waals surface area (Å²) in [4.78, 5) is 37.2. The van der Waals surface area contributed by atoms with Gasteiger partial charge in [-0.3, -0.25) is 19.5 Å². The first-order valence-electron chi connectivity index (χ1n) is 10.9. The lowest BCUT2D eigenvalue weighted by atomic mass is 10.1. The van der Waals surface area contributed by atoms with Gasteiger partial charge in [0.1, 0.15) is 6.54 Å². The van der Waals surface area contributed by atoms with Crippen LogP contribution in [0, 0.1) is 6.92 Å². The summed E-state index contributed by atoms with van der Waals surface area (Å²) in [5.74, 6) is 0.967. The number of amides is 3. The molecule has 0 saturated carbocycles. The first-order chi connectivity index (χ1) is 15.3. The predicted octanol–water partition coefficient (Wildman–Crippen LogP) is 0.868. The second-order valence-corrected chi connectivity index (χ2v) is 8.93. The molecule has 2 fully saturated rings. The van der Waals surface area contributed by atoms with Gasteiger partial charge in [-0.1, -0.05) is 17.7 Å². The molecular weight excluding hydrogens is 432 g/mol. The number of halogens is 1. The third kappa shape index (κ3) is 4.12. The van der Waals surface area contributed by atoms with Gasteiger partial charge in [-0.25, -0.2) is 9.37 Å². The summed E-state index contributed by atoms with van der Waals surface area (Å²) in [6, 6.07) is 4.98. The average Bonchev–Trinajstić information content (AvgIpc) is 3.15. The molecule has 9 nitrogen and oxygen atoms in total. The quantitative estimate of drug-likeness (QED) is 0.636. The number of anilines is 1. The van der Waals surface area contributed by atoms with Crippen LogP contribution in [0.3, 0.4) is 0 Å². The van der Waals surface area contributed by atoms with E-state index in [1.807, 2.05) is 22.8 Å². The summed E-state index contributed by atoms with van der Waals surface area (Å²) in [6.07, 6.45) is 0.527. The number of urea groups is 1. The smallest absolute Gasteiger partial charge is 0.333 e. The Morgan fingerprint density at radius 1 is 1.16 bits per heavy atom. The Bertz CT molecular complexity index is 986. The van der Waals surface area contributed by atoms with Gasteiger partial charge in [-0.15, -0.1) is 0 Å². The normalized spacial score (nSPS) is 22.1. The van der Waals surface area contributed by atoms with Gasteiger partial charge in [-0.05, 0) is 29.6 Å². The van der Waals surface area contributed by atoms with Gasteiger partial charge in [0.2, 0.25) is 0 Å². The summed E-state index contributed by atoms with van der Waals surface area (Å²) in [7, 11) is 3.15. The molecule has 32 heavy (non-hydrogen) atoms. The third-order valence-electron chi connectivity index (χ3n) is 6.42. The molecule has 3 heterocycles. The van der Waals surface area contributed by atoms with Crippen molar-refractivity contribution < 1.29 is 19.3 Å². The zero-order valence-corrected chi connectivity index (χ0v) is 19.5. The van der Waals surface area contributed by atoms with E-state index >= 15 is 0 Å². The molecule has 0 radical (unpaired) electrons. The van der Waals surface area contributed by atoms with E-state index in [0.29, 0.717) is 25.3 Å². The first-order valence-corrected chi connectivity index (χ1v) is 11.3. The second kappa shape index (κ2) is 9.17. The fourth-order valence-corrected chi connectivity index (χ4v) is 4.71. The molecule has 2 saturated heterocycles. The molecule has 1 N–H and O–H groups in total. The van der Waals surface area contributed by atoms with Crippen LogP contribution in [-0.2, 0) is 4.79 Å². The Hall–Kier alpha value is -2.49. The largest absolute Gasteiger partial charge is 0.396 e. The number of aliphatic imine (C=N–C) groups is 1.